The Balaban J connectivity index is 1.34. The highest BCUT2D eigenvalue weighted by atomic mass is 16.5. The number of nitrogens with one attached hydrogen (secondary N) is 1. The summed E-state index contributed by atoms with van der Waals surface area (Å²) in [6.07, 6.45) is 3.83. The standard InChI is InChI=1S/C23H19N5O2/c24-15-19-16-26-28(21-8-3-4-12-25-21)23(19)27-22(29)9-5-13-30-20-11-10-17-6-1-2-7-18(17)14-20/h1-4,6-8,10-12,14,16H,5,9,13H2,(H,27,29). The van der Waals surface area contributed by atoms with Crippen molar-refractivity contribution in [2.45, 2.75) is 12.8 Å². The van der Waals surface area contributed by atoms with Gasteiger partial charge >= 0.3 is 0 Å². The van der Waals surface area contributed by atoms with Crippen LogP contribution >= 0.6 is 0 Å². The lowest BCUT2D eigenvalue weighted by Gasteiger charge is -2.10. The zero-order valence-electron chi connectivity index (χ0n) is 16.2. The van der Waals surface area contributed by atoms with Gasteiger partial charge in [-0.25, -0.2) is 4.98 Å². The van der Waals surface area contributed by atoms with E-state index in [4.69, 9.17) is 4.74 Å². The first kappa shape index (κ1) is 19.2. The maximum atomic E-state index is 12.4. The van der Waals surface area contributed by atoms with Gasteiger partial charge in [-0.3, -0.25) is 4.79 Å². The fraction of sp³-hybridized carbons (Fsp3) is 0.130. The van der Waals surface area contributed by atoms with Crippen LogP contribution < -0.4 is 10.1 Å². The Hall–Kier alpha value is -4.18. The van der Waals surface area contributed by atoms with Crippen LogP contribution in [0.4, 0.5) is 5.82 Å². The summed E-state index contributed by atoms with van der Waals surface area (Å²) in [5.74, 6) is 1.39. The summed E-state index contributed by atoms with van der Waals surface area (Å²) < 4.78 is 7.22. The largest absolute Gasteiger partial charge is 0.494 e. The summed E-state index contributed by atoms with van der Waals surface area (Å²) in [5.41, 5.74) is 0.279. The van der Waals surface area contributed by atoms with Gasteiger partial charge in [-0.2, -0.15) is 15.0 Å². The molecule has 0 aliphatic carbocycles. The number of aromatic nitrogens is 3. The van der Waals surface area contributed by atoms with Crippen LogP contribution in [0.1, 0.15) is 18.4 Å². The number of hydrogen-bond acceptors (Lipinski definition) is 5. The van der Waals surface area contributed by atoms with Crippen LogP contribution in [0.25, 0.3) is 16.6 Å². The summed E-state index contributed by atoms with van der Waals surface area (Å²) >= 11 is 0. The molecule has 7 nitrogen and oxygen atoms in total. The average Bonchev–Trinajstić information content (AvgIpc) is 3.19. The van der Waals surface area contributed by atoms with Crippen LogP contribution in [0.15, 0.2) is 73.1 Å². The zero-order chi connectivity index (χ0) is 20.8. The molecule has 30 heavy (non-hydrogen) atoms. The lowest BCUT2D eigenvalue weighted by molar-refractivity contribution is -0.116. The molecule has 0 aliphatic heterocycles. The second-order valence-electron chi connectivity index (χ2n) is 6.63. The lowest BCUT2D eigenvalue weighted by Crippen LogP contribution is -2.17. The van der Waals surface area contributed by atoms with E-state index in [1.807, 2.05) is 48.5 Å². The van der Waals surface area contributed by atoms with Gasteiger partial charge in [0.1, 0.15) is 17.4 Å². The normalized spacial score (nSPS) is 10.5. The van der Waals surface area contributed by atoms with E-state index in [1.54, 1.807) is 18.3 Å². The number of benzene rings is 2. The summed E-state index contributed by atoms with van der Waals surface area (Å²) in [7, 11) is 0. The molecule has 0 atom stereocenters. The first-order valence-electron chi connectivity index (χ1n) is 9.55. The van der Waals surface area contributed by atoms with Gasteiger partial charge in [-0.05, 0) is 41.5 Å². The minimum Gasteiger partial charge on any atom is -0.494 e. The molecule has 0 bridgehead atoms. The highest BCUT2D eigenvalue weighted by Crippen LogP contribution is 2.21. The van der Waals surface area contributed by atoms with Crippen LogP contribution in [-0.2, 0) is 4.79 Å². The molecule has 1 amide bonds. The fourth-order valence-corrected chi connectivity index (χ4v) is 3.08. The van der Waals surface area contributed by atoms with Crippen LogP contribution in [-0.4, -0.2) is 27.3 Å². The van der Waals surface area contributed by atoms with E-state index in [0.29, 0.717) is 24.7 Å². The zero-order valence-corrected chi connectivity index (χ0v) is 16.2. The van der Waals surface area contributed by atoms with E-state index in [-0.39, 0.29) is 17.9 Å². The molecule has 0 fully saturated rings. The van der Waals surface area contributed by atoms with Crippen LogP contribution in [0.5, 0.6) is 5.75 Å². The summed E-state index contributed by atoms with van der Waals surface area (Å²) in [4.78, 5) is 16.6. The van der Waals surface area contributed by atoms with Crippen molar-refractivity contribution >= 4 is 22.5 Å². The third-order valence-electron chi connectivity index (χ3n) is 4.55. The van der Waals surface area contributed by atoms with E-state index >= 15 is 0 Å². The number of hydrogen-bond donors (Lipinski definition) is 1. The van der Waals surface area contributed by atoms with Gasteiger partial charge in [0.15, 0.2) is 11.6 Å². The number of carbonyl (C=O) groups excluding carboxylic acids is 1. The molecule has 0 spiro atoms. The highest BCUT2D eigenvalue weighted by Gasteiger charge is 2.15. The molecule has 0 saturated heterocycles. The van der Waals surface area contributed by atoms with E-state index < -0.39 is 0 Å². The molecule has 0 radical (unpaired) electrons. The van der Waals surface area contributed by atoms with E-state index in [2.05, 4.69) is 21.5 Å². The van der Waals surface area contributed by atoms with Crippen LogP contribution in [0.3, 0.4) is 0 Å². The Morgan fingerprint density at radius 1 is 1.10 bits per heavy atom. The molecule has 0 aliphatic rings. The van der Waals surface area contributed by atoms with Crippen molar-refractivity contribution in [3.05, 3.63) is 78.6 Å². The second-order valence-corrected chi connectivity index (χ2v) is 6.63. The third kappa shape index (κ3) is 4.28. The quantitative estimate of drug-likeness (QED) is 0.474. The SMILES string of the molecule is N#Cc1cnn(-c2ccccn2)c1NC(=O)CCCOc1ccc2ccccc2c1. The Kier molecular flexibility index (Phi) is 5.67. The van der Waals surface area contributed by atoms with Crippen molar-refractivity contribution in [3.63, 3.8) is 0 Å². The summed E-state index contributed by atoms with van der Waals surface area (Å²) in [6, 6.07) is 21.4. The molecule has 4 rings (SSSR count). The highest BCUT2D eigenvalue weighted by molar-refractivity contribution is 5.91. The molecule has 2 aromatic carbocycles. The van der Waals surface area contributed by atoms with Crippen LogP contribution in [0.2, 0.25) is 0 Å². The van der Waals surface area contributed by atoms with Gasteiger partial charge in [-0.1, -0.05) is 36.4 Å². The summed E-state index contributed by atoms with van der Waals surface area (Å²) in [6.45, 7) is 0.413. The van der Waals surface area contributed by atoms with Gasteiger partial charge in [-0.15, -0.1) is 0 Å². The lowest BCUT2D eigenvalue weighted by atomic mass is 10.1. The molecule has 2 aromatic heterocycles. The predicted molar refractivity (Wildman–Crippen MR) is 113 cm³/mol. The number of ether oxygens (including phenoxy) is 1. The van der Waals surface area contributed by atoms with E-state index in [9.17, 15) is 10.1 Å². The first-order chi connectivity index (χ1) is 14.7. The fourth-order valence-electron chi connectivity index (χ4n) is 3.08. The Bertz CT molecular complexity index is 1210. The number of amides is 1. The average molecular weight is 397 g/mol. The minimum atomic E-state index is -0.216. The molecule has 1 N–H and O–H groups in total. The maximum Gasteiger partial charge on any atom is 0.225 e. The topological polar surface area (TPSA) is 92.8 Å². The maximum absolute atomic E-state index is 12.4. The smallest absolute Gasteiger partial charge is 0.225 e. The molecular formula is C23H19N5O2. The number of carbonyl (C=O) groups is 1. The van der Waals surface area contributed by atoms with E-state index in [1.165, 1.54) is 10.9 Å². The van der Waals surface area contributed by atoms with Crippen molar-refractivity contribution in [3.8, 4) is 17.6 Å². The third-order valence-corrected chi connectivity index (χ3v) is 4.55. The number of nitriles is 1. The van der Waals surface area contributed by atoms with Gasteiger partial charge < -0.3 is 10.1 Å². The number of fused-ring (bicyclic) bond motifs is 1. The molecule has 7 heteroatoms. The molecular weight excluding hydrogens is 378 g/mol. The molecule has 0 saturated carbocycles. The number of pyridine rings is 1. The van der Waals surface area contributed by atoms with E-state index in [0.717, 1.165) is 16.5 Å². The Labute approximate surface area is 173 Å². The predicted octanol–water partition coefficient (Wildman–Crippen LogP) is 4.09. The Morgan fingerprint density at radius 3 is 2.73 bits per heavy atom. The monoisotopic (exact) mass is 397 g/mol. The number of rotatable bonds is 7. The molecule has 148 valence electrons. The van der Waals surface area contributed by atoms with Crippen LogP contribution in [0, 0.1) is 11.3 Å². The molecule has 0 unspecified atom stereocenters. The van der Waals surface area contributed by atoms with Crippen molar-refractivity contribution in [1.82, 2.24) is 14.8 Å². The number of anilines is 1. The Morgan fingerprint density at radius 2 is 1.93 bits per heavy atom. The van der Waals surface area contributed by atoms with Gasteiger partial charge in [0.2, 0.25) is 5.91 Å². The van der Waals surface area contributed by atoms with Gasteiger partial charge in [0.05, 0.1) is 12.8 Å². The van der Waals surface area contributed by atoms with Gasteiger partial charge in [0.25, 0.3) is 0 Å². The van der Waals surface area contributed by atoms with Crippen molar-refractivity contribution in [2.24, 2.45) is 0 Å². The molecule has 4 aromatic rings. The number of nitrogens with zero attached hydrogens (tertiary/aromatic N) is 4. The molecule has 2 heterocycles. The summed E-state index contributed by atoms with van der Waals surface area (Å²) in [5, 5.41) is 18.5. The van der Waals surface area contributed by atoms with Crippen molar-refractivity contribution in [2.75, 3.05) is 11.9 Å². The second kappa shape index (κ2) is 8.88. The first-order valence-corrected chi connectivity index (χ1v) is 9.55. The van der Waals surface area contributed by atoms with Gasteiger partial charge in [0, 0.05) is 12.6 Å². The van der Waals surface area contributed by atoms with Crippen molar-refractivity contribution < 1.29 is 9.53 Å². The minimum absolute atomic E-state index is 0.216. The van der Waals surface area contributed by atoms with Crippen molar-refractivity contribution in [1.29, 1.82) is 5.26 Å².